The fourth-order valence-corrected chi connectivity index (χ4v) is 3.36. The largest absolute Gasteiger partial charge is 0.495 e. The van der Waals surface area contributed by atoms with E-state index in [1.807, 2.05) is 51.1 Å². The molecule has 0 amide bonds. The molecule has 146 valence electrons. The smallest absolute Gasteiger partial charge is 0.251 e. The van der Waals surface area contributed by atoms with Gasteiger partial charge in [-0.1, -0.05) is 18.2 Å². The number of rotatable bonds is 5. The number of methoxy groups -OCH3 is 1. The monoisotopic (exact) mass is 395 g/mol. The van der Waals surface area contributed by atoms with Gasteiger partial charge in [0.05, 0.1) is 18.3 Å². The SMILES string of the molecule is COc1ccc(C)cc1NC(=S)NCCc1cc2ccc(C)c(C)c2[nH]c1=O. The maximum atomic E-state index is 12.4. The number of aromatic amines is 1. The van der Waals surface area contributed by atoms with Crippen molar-refractivity contribution in [2.24, 2.45) is 0 Å². The van der Waals surface area contributed by atoms with Gasteiger partial charge in [0.2, 0.25) is 0 Å². The molecule has 3 aromatic rings. The predicted octanol–water partition coefficient (Wildman–Crippen LogP) is 3.99. The van der Waals surface area contributed by atoms with Crippen molar-refractivity contribution in [3.8, 4) is 5.75 Å². The normalized spacial score (nSPS) is 10.7. The highest BCUT2D eigenvalue weighted by molar-refractivity contribution is 7.80. The lowest BCUT2D eigenvalue weighted by Gasteiger charge is -2.14. The van der Waals surface area contributed by atoms with Crippen LogP contribution in [0.4, 0.5) is 5.69 Å². The number of fused-ring (bicyclic) bond motifs is 1. The Hall–Kier alpha value is -2.86. The van der Waals surface area contributed by atoms with E-state index < -0.39 is 0 Å². The average molecular weight is 396 g/mol. The van der Waals surface area contributed by atoms with Crippen LogP contribution in [-0.2, 0) is 6.42 Å². The summed E-state index contributed by atoms with van der Waals surface area (Å²) in [4.78, 5) is 15.5. The molecule has 0 saturated carbocycles. The van der Waals surface area contributed by atoms with Gasteiger partial charge in [-0.25, -0.2) is 0 Å². The topological polar surface area (TPSA) is 66.2 Å². The van der Waals surface area contributed by atoms with Crippen molar-refractivity contribution in [1.29, 1.82) is 0 Å². The van der Waals surface area contributed by atoms with Gasteiger partial charge in [0, 0.05) is 12.1 Å². The number of nitrogens with one attached hydrogen (secondary N) is 3. The van der Waals surface area contributed by atoms with Crippen molar-refractivity contribution in [3.63, 3.8) is 0 Å². The Bertz CT molecular complexity index is 1090. The molecule has 0 fully saturated rings. The highest BCUT2D eigenvalue weighted by Gasteiger charge is 2.08. The summed E-state index contributed by atoms with van der Waals surface area (Å²) < 4.78 is 5.35. The number of hydrogen-bond donors (Lipinski definition) is 3. The Balaban J connectivity index is 1.66. The van der Waals surface area contributed by atoms with Crippen LogP contribution in [0.5, 0.6) is 5.75 Å². The molecule has 0 spiro atoms. The second-order valence-electron chi connectivity index (χ2n) is 6.93. The predicted molar refractivity (Wildman–Crippen MR) is 120 cm³/mol. The lowest BCUT2D eigenvalue weighted by Crippen LogP contribution is -2.31. The van der Waals surface area contributed by atoms with Crippen LogP contribution in [0, 0.1) is 20.8 Å². The lowest BCUT2D eigenvalue weighted by atomic mass is 10.0. The highest BCUT2D eigenvalue weighted by atomic mass is 32.1. The number of anilines is 1. The number of aromatic nitrogens is 1. The lowest BCUT2D eigenvalue weighted by molar-refractivity contribution is 0.417. The molecule has 3 N–H and O–H groups in total. The third-order valence-corrected chi connectivity index (χ3v) is 5.16. The average Bonchev–Trinajstić information content (AvgIpc) is 2.66. The van der Waals surface area contributed by atoms with E-state index in [2.05, 4.69) is 21.7 Å². The van der Waals surface area contributed by atoms with Crippen LogP contribution in [0.2, 0.25) is 0 Å². The van der Waals surface area contributed by atoms with E-state index in [4.69, 9.17) is 17.0 Å². The molecule has 3 rings (SSSR count). The van der Waals surface area contributed by atoms with Crippen molar-refractivity contribution >= 4 is 33.9 Å². The number of H-pyrrole nitrogens is 1. The van der Waals surface area contributed by atoms with Gasteiger partial charge in [-0.05, 0) is 79.7 Å². The second-order valence-corrected chi connectivity index (χ2v) is 7.34. The van der Waals surface area contributed by atoms with E-state index >= 15 is 0 Å². The van der Waals surface area contributed by atoms with E-state index in [1.54, 1.807) is 7.11 Å². The maximum absolute atomic E-state index is 12.4. The minimum atomic E-state index is -0.0535. The zero-order valence-electron chi connectivity index (χ0n) is 16.6. The van der Waals surface area contributed by atoms with E-state index in [9.17, 15) is 4.79 Å². The summed E-state index contributed by atoms with van der Waals surface area (Å²) in [7, 11) is 1.63. The van der Waals surface area contributed by atoms with Gasteiger partial charge >= 0.3 is 0 Å². The van der Waals surface area contributed by atoms with Crippen molar-refractivity contribution in [1.82, 2.24) is 10.3 Å². The van der Waals surface area contributed by atoms with E-state index in [-0.39, 0.29) is 5.56 Å². The third-order valence-electron chi connectivity index (χ3n) is 4.91. The van der Waals surface area contributed by atoms with Gasteiger partial charge < -0.3 is 20.4 Å². The van der Waals surface area contributed by atoms with E-state index in [0.29, 0.717) is 18.1 Å². The first kappa shape index (κ1) is 19.9. The summed E-state index contributed by atoms with van der Waals surface area (Å²) in [6.07, 6.45) is 0.574. The molecule has 0 bridgehead atoms. The number of hydrogen-bond acceptors (Lipinski definition) is 3. The van der Waals surface area contributed by atoms with Crippen LogP contribution in [0.3, 0.4) is 0 Å². The van der Waals surface area contributed by atoms with Gasteiger partial charge in [-0.15, -0.1) is 0 Å². The van der Waals surface area contributed by atoms with Crippen LogP contribution >= 0.6 is 12.2 Å². The molecule has 28 heavy (non-hydrogen) atoms. The van der Waals surface area contributed by atoms with Crippen molar-refractivity contribution in [2.45, 2.75) is 27.2 Å². The van der Waals surface area contributed by atoms with E-state index in [0.717, 1.165) is 39.0 Å². The number of benzene rings is 2. The highest BCUT2D eigenvalue weighted by Crippen LogP contribution is 2.25. The molecular formula is C22H25N3O2S. The summed E-state index contributed by atoms with van der Waals surface area (Å²) in [6.45, 7) is 6.64. The Morgan fingerprint density at radius 2 is 1.93 bits per heavy atom. The molecule has 0 aliphatic heterocycles. The molecule has 1 aromatic heterocycles. The Labute approximate surface area is 170 Å². The molecule has 5 nitrogen and oxygen atoms in total. The fourth-order valence-electron chi connectivity index (χ4n) is 3.15. The molecule has 0 unspecified atom stereocenters. The van der Waals surface area contributed by atoms with Crippen LogP contribution in [0.15, 0.2) is 41.2 Å². The standard InChI is InChI=1S/C22H25N3O2S/c1-13-5-8-19(27-4)18(11-13)24-22(28)23-10-9-17-12-16-7-6-14(2)15(3)20(16)25-21(17)26/h5-8,11-12H,9-10H2,1-4H3,(H,25,26)(H2,23,24,28). The van der Waals surface area contributed by atoms with Crippen LogP contribution in [0.25, 0.3) is 10.9 Å². The molecule has 0 aliphatic rings. The molecule has 0 atom stereocenters. The summed E-state index contributed by atoms with van der Waals surface area (Å²) in [5.41, 5.74) is 5.79. The molecular weight excluding hydrogens is 370 g/mol. The Kier molecular flexibility index (Phi) is 5.99. The maximum Gasteiger partial charge on any atom is 0.251 e. The van der Waals surface area contributed by atoms with Crippen molar-refractivity contribution in [3.05, 3.63) is 69.0 Å². The zero-order chi connectivity index (χ0) is 20.3. The third kappa shape index (κ3) is 4.34. The quantitative estimate of drug-likeness (QED) is 0.570. The summed E-state index contributed by atoms with van der Waals surface area (Å²) >= 11 is 5.38. The number of thiocarbonyl (C=S) groups is 1. The minimum Gasteiger partial charge on any atom is -0.495 e. The number of aryl methyl sites for hydroxylation is 3. The van der Waals surface area contributed by atoms with Gasteiger partial charge in [-0.2, -0.15) is 0 Å². The fraction of sp³-hybridized carbons (Fsp3) is 0.273. The minimum absolute atomic E-state index is 0.0535. The van der Waals surface area contributed by atoms with Gasteiger partial charge in [0.25, 0.3) is 5.56 Å². The first-order valence-corrected chi connectivity index (χ1v) is 9.61. The van der Waals surface area contributed by atoms with Gasteiger partial charge in [-0.3, -0.25) is 4.79 Å². The number of ether oxygens (including phenoxy) is 1. The first-order chi connectivity index (χ1) is 13.4. The van der Waals surface area contributed by atoms with Crippen molar-refractivity contribution in [2.75, 3.05) is 19.0 Å². The van der Waals surface area contributed by atoms with Crippen LogP contribution in [0.1, 0.15) is 22.3 Å². The molecule has 6 heteroatoms. The van der Waals surface area contributed by atoms with Crippen LogP contribution in [-0.4, -0.2) is 23.8 Å². The van der Waals surface area contributed by atoms with Crippen LogP contribution < -0.4 is 20.9 Å². The van der Waals surface area contributed by atoms with Gasteiger partial charge in [0.1, 0.15) is 5.75 Å². The van der Waals surface area contributed by atoms with E-state index in [1.165, 1.54) is 5.56 Å². The summed E-state index contributed by atoms with van der Waals surface area (Å²) in [5.74, 6) is 0.728. The molecule has 0 aliphatic carbocycles. The molecule has 2 aromatic carbocycles. The zero-order valence-corrected chi connectivity index (χ0v) is 17.4. The summed E-state index contributed by atoms with van der Waals surface area (Å²) in [6, 6.07) is 11.9. The molecule has 0 radical (unpaired) electrons. The first-order valence-electron chi connectivity index (χ1n) is 9.20. The number of pyridine rings is 1. The van der Waals surface area contributed by atoms with Crippen molar-refractivity contribution < 1.29 is 4.74 Å². The second kappa shape index (κ2) is 8.44. The van der Waals surface area contributed by atoms with Gasteiger partial charge in [0.15, 0.2) is 5.11 Å². The Morgan fingerprint density at radius 1 is 1.14 bits per heavy atom. The summed E-state index contributed by atoms with van der Waals surface area (Å²) in [5, 5.41) is 7.85. The molecule has 0 saturated heterocycles. The molecule has 1 heterocycles. The Morgan fingerprint density at radius 3 is 2.68 bits per heavy atom.